The number of aryl methyl sites for hydroxylation is 1. The van der Waals surface area contributed by atoms with Crippen molar-refractivity contribution >= 4 is 15.8 Å². The van der Waals surface area contributed by atoms with Gasteiger partial charge in [0.2, 0.25) is 0 Å². The SMILES string of the molecule is CCS(=O)(=O)CCNC(=NC)N1CCCC2(CCCc3ccccc32)C1. The Hall–Kier alpha value is -1.56. The molecule has 1 aliphatic carbocycles. The molecular weight excluding hydrogens is 346 g/mol. The highest BCUT2D eigenvalue weighted by Crippen LogP contribution is 2.43. The summed E-state index contributed by atoms with van der Waals surface area (Å²) in [5, 5.41) is 3.27. The molecule has 0 aromatic heterocycles. The van der Waals surface area contributed by atoms with Crippen molar-refractivity contribution in [3.8, 4) is 0 Å². The van der Waals surface area contributed by atoms with Crippen LogP contribution in [-0.2, 0) is 21.7 Å². The van der Waals surface area contributed by atoms with Crippen LogP contribution >= 0.6 is 0 Å². The van der Waals surface area contributed by atoms with Crippen molar-refractivity contribution in [2.45, 2.75) is 44.4 Å². The van der Waals surface area contributed by atoms with E-state index in [1.165, 1.54) is 36.8 Å². The van der Waals surface area contributed by atoms with Crippen molar-refractivity contribution in [1.82, 2.24) is 10.2 Å². The lowest BCUT2D eigenvalue weighted by atomic mass is 9.66. The van der Waals surface area contributed by atoms with Gasteiger partial charge in [0.25, 0.3) is 0 Å². The number of fused-ring (bicyclic) bond motifs is 2. The van der Waals surface area contributed by atoms with Crippen LogP contribution in [0, 0.1) is 0 Å². The first-order valence-corrected chi connectivity index (χ1v) is 11.6. The molecule has 1 fully saturated rings. The van der Waals surface area contributed by atoms with Crippen LogP contribution in [-0.4, -0.2) is 57.5 Å². The molecule has 0 bridgehead atoms. The van der Waals surface area contributed by atoms with Crippen molar-refractivity contribution in [3.63, 3.8) is 0 Å². The number of aliphatic imine (C=N–C) groups is 1. The van der Waals surface area contributed by atoms with E-state index in [0.717, 1.165) is 25.5 Å². The highest BCUT2D eigenvalue weighted by Gasteiger charge is 2.40. The highest BCUT2D eigenvalue weighted by molar-refractivity contribution is 7.91. The summed E-state index contributed by atoms with van der Waals surface area (Å²) in [6.45, 7) is 4.05. The first-order chi connectivity index (χ1) is 12.5. The van der Waals surface area contributed by atoms with Crippen LogP contribution in [0.3, 0.4) is 0 Å². The molecule has 1 N–H and O–H groups in total. The van der Waals surface area contributed by atoms with E-state index in [-0.39, 0.29) is 16.9 Å². The number of guanidine groups is 1. The minimum Gasteiger partial charge on any atom is -0.355 e. The number of hydrogen-bond acceptors (Lipinski definition) is 3. The Labute approximate surface area is 157 Å². The average molecular weight is 378 g/mol. The lowest BCUT2D eigenvalue weighted by Gasteiger charge is -2.47. The first kappa shape index (κ1) is 19.2. The summed E-state index contributed by atoms with van der Waals surface area (Å²) in [4.78, 5) is 6.75. The molecule has 3 rings (SSSR count). The maximum Gasteiger partial charge on any atom is 0.193 e. The summed E-state index contributed by atoms with van der Waals surface area (Å²) in [6, 6.07) is 8.89. The third-order valence-electron chi connectivity index (χ3n) is 5.91. The molecule has 0 saturated carbocycles. The molecule has 1 spiro atoms. The fraction of sp³-hybridized carbons (Fsp3) is 0.650. The molecule has 5 nitrogen and oxygen atoms in total. The second kappa shape index (κ2) is 7.99. The molecule has 1 aromatic rings. The Morgan fingerprint density at radius 3 is 2.81 bits per heavy atom. The molecule has 144 valence electrons. The van der Waals surface area contributed by atoms with E-state index in [9.17, 15) is 8.42 Å². The lowest BCUT2D eigenvalue weighted by molar-refractivity contribution is 0.189. The standard InChI is InChI=1S/C20H31N3O2S/c1-3-26(24,25)15-13-22-19(21-2)23-14-7-12-20(16-23)11-6-9-17-8-4-5-10-18(17)20/h4-5,8,10H,3,6-7,9,11-16H2,1-2H3,(H,21,22). The van der Waals surface area contributed by atoms with E-state index in [2.05, 4.69) is 39.5 Å². The third kappa shape index (κ3) is 4.05. The van der Waals surface area contributed by atoms with Crippen molar-refractivity contribution in [3.05, 3.63) is 35.4 Å². The zero-order valence-corrected chi connectivity index (χ0v) is 16.8. The second-order valence-corrected chi connectivity index (χ2v) is 10.00. The largest absolute Gasteiger partial charge is 0.355 e. The number of sulfone groups is 1. The Morgan fingerprint density at radius 2 is 2.04 bits per heavy atom. The Bertz CT molecular complexity index is 760. The van der Waals surface area contributed by atoms with E-state index in [4.69, 9.17) is 0 Å². The lowest BCUT2D eigenvalue weighted by Crippen LogP contribution is -2.53. The maximum atomic E-state index is 11.7. The predicted octanol–water partition coefficient (Wildman–Crippen LogP) is 2.37. The van der Waals surface area contributed by atoms with Crippen molar-refractivity contribution in [2.24, 2.45) is 4.99 Å². The molecule has 2 aliphatic rings. The minimum atomic E-state index is -2.96. The van der Waals surface area contributed by atoms with Gasteiger partial charge >= 0.3 is 0 Å². The number of likely N-dealkylation sites (tertiary alicyclic amines) is 1. The number of piperidine rings is 1. The first-order valence-electron chi connectivity index (χ1n) is 9.74. The van der Waals surface area contributed by atoms with E-state index in [0.29, 0.717) is 6.54 Å². The summed E-state index contributed by atoms with van der Waals surface area (Å²) < 4.78 is 23.5. The summed E-state index contributed by atoms with van der Waals surface area (Å²) in [6.07, 6.45) is 6.01. The zero-order chi connectivity index (χ0) is 18.6. The van der Waals surface area contributed by atoms with Gasteiger partial charge in [-0.2, -0.15) is 0 Å². The van der Waals surface area contributed by atoms with Crippen LogP contribution in [0.4, 0.5) is 0 Å². The van der Waals surface area contributed by atoms with Gasteiger partial charge in [-0.25, -0.2) is 8.42 Å². The van der Waals surface area contributed by atoms with E-state index in [1.54, 1.807) is 14.0 Å². The number of benzene rings is 1. The monoisotopic (exact) mass is 377 g/mol. The number of rotatable bonds is 4. The van der Waals surface area contributed by atoms with Gasteiger partial charge in [-0.15, -0.1) is 0 Å². The van der Waals surface area contributed by atoms with Crippen LogP contribution < -0.4 is 5.32 Å². The average Bonchev–Trinajstić information content (AvgIpc) is 2.66. The fourth-order valence-corrected chi connectivity index (χ4v) is 5.24. The smallest absolute Gasteiger partial charge is 0.193 e. The molecule has 1 heterocycles. The molecule has 1 unspecified atom stereocenters. The third-order valence-corrected chi connectivity index (χ3v) is 7.62. The van der Waals surface area contributed by atoms with Gasteiger partial charge in [0, 0.05) is 37.8 Å². The van der Waals surface area contributed by atoms with Crippen LogP contribution in [0.2, 0.25) is 0 Å². The molecule has 6 heteroatoms. The van der Waals surface area contributed by atoms with E-state index >= 15 is 0 Å². The van der Waals surface area contributed by atoms with Crippen LogP contribution in [0.15, 0.2) is 29.3 Å². The van der Waals surface area contributed by atoms with Crippen molar-refractivity contribution in [1.29, 1.82) is 0 Å². The molecule has 26 heavy (non-hydrogen) atoms. The van der Waals surface area contributed by atoms with Gasteiger partial charge in [-0.05, 0) is 43.2 Å². The van der Waals surface area contributed by atoms with Gasteiger partial charge in [-0.3, -0.25) is 4.99 Å². The Morgan fingerprint density at radius 1 is 1.27 bits per heavy atom. The summed E-state index contributed by atoms with van der Waals surface area (Å²) in [5.41, 5.74) is 3.22. The van der Waals surface area contributed by atoms with Crippen molar-refractivity contribution in [2.75, 3.05) is 38.2 Å². The van der Waals surface area contributed by atoms with Gasteiger partial charge in [0.15, 0.2) is 15.8 Å². The summed E-state index contributed by atoms with van der Waals surface area (Å²) in [7, 11) is -1.17. The number of nitrogens with one attached hydrogen (secondary N) is 1. The molecule has 1 atom stereocenters. The zero-order valence-electron chi connectivity index (χ0n) is 16.0. The molecule has 0 radical (unpaired) electrons. The molecular formula is C20H31N3O2S. The Balaban J connectivity index is 1.72. The molecule has 0 amide bonds. The fourth-order valence-electron chi connectivity index (χ4n) is 4.54. The summed E-state index contributed by atoms with van der Waals surface area (Å²) >= 11 is 0. The quantitative estimate of drug-likeness (QED) is 0.646. The van der Waals surface area contributed by atoms with Crippen LogP contribution in [0.5, 0.6) is 0 Å². The van der Waals surface area contributed by atoms with Crippen LogP contribution in [0.1, 0.15) is 43.7 Å². The number of hydrogen-bond donors (Lipinski definition) is 1. The molecule has 1 saturated heterocycles. The van der Waals surface area contributed by atoms with Gasteiger partial charge < -0.3 is 10.2 Å². The van der Waals surface area contributed by atoms with E-state index < -0.39 is 9.84 Å². The molecule has 1 aliphatic heterocycles. The van der Waals surface area contributed by atoms with Crippen molar-refractivity contribution < 1.29 is 8.42 Å². The minimum absolute atomic E-state index is 0.157. The maximum absolute atomic E-state index is 11.7. The molecule has 1 aromatic carbocycles. The van der Waals surface area contributed by atoms with Gasteiger partial charge in [-0.1, -0.05) is 31.2 Å². The van der Waals surface area contributed by atoms with Gasteiger partial charge in [0.05, 0.1) is 5.75 Å². The summed E-state index contributed by atoms with van der Waals surface area (Å²) in [5.74, 6) is 1.18. The highest BCUT2D eigenvalue weighted by atomic mass is 32.2. The van der Waals surface area contributed by atoms with Gasteiger partial charge in [0.1, 0.15) is 0 Å². The van der Waals surface area contributed by atoms with E-state index in [1.807, 2.05) is 0 Å². The topological polar surface area (TPSA) is 61.8 Å². The predicted molar refractivity (Wildman–Crippen MR) is 108 cm³/mol. The normalized spacial score (nSPS) is 23.8. The second-order valence-electron chi connectivity index (χ2n) is 7.53. The van der Waals surface area contributed by atoms with Crippen LogP contribution in [0.25, 0.3) is 0 Å². The Kier molecular flexibility index (Phi) is 5.90. The number of nitrogens with zero attached hydrogens (tertiary/aromatic N) is 2.